The fourth-order valence-electron chi connectivity index (χ4n) is 3.33. The number of nitrogens with zero attached hydrogens (tertiary/aromatic N) is 3. The molecular weight excluding hydrogens is 344 g/mol. The van der Waals surface area contributed by atoms with Crippen molar-refractivity contribution in [3.63, 3.8) is 0 Å². The van der Waals surface area contributed by atoms with Crippen LogP contribution in [0.2, 0.25) is 0 Å². The normalized spacial score (nSPS) is 15.3. The summed E-state index contributed by atoms with van der Waals surface area (Å²) < 4.78 is 0. The van der Waals surface area contributed by atoms with Crippen LogP contribution in [0.15, 0.2) is 47.8 Å². The zero-order valence-electron chi connectivity index (χ0n) is 14.8. The molecule has 1 N–H and O–H groups in total. The minimum absolute atomic E-state index is 0.0132. The molecule has 3 aromatic rings. The number of hydrogen-bond donors (Lipinski definition) is 1. The van der Waals surface area contributed by atoms with Crippen molar-refractivity contribution < 1.29 is 4.79 Å². The lowest BCUT2D eigenvalue weighted by Gasteiger charge is -2.34. The molecule has 0 bridgehead atoms. The molecule has 5 nitrogen and oxygen atoms in total. The van der Waals surface area contributed by atoms with Crippen LogP contribution in [0.5, 0.6) is 0 Å². The number of aromatic nitrogens is 2. The Morgan fingerprint density at radius 1 is 1.15 bits per heavy atom. The number of benzene rings is 1. The van der Waals surface area contributed by atoms with E-state index in [1.165, 1.54) is 11.1 Å². The number of aryl methyl sites for hydroxylation is 1. The van der Waals surface area contributed by atoms with E-state index in [1.54, 1.807) is 11.3 Å². The Balaban J connectivity index is 1.35. The predicted octanol–water partition coefficient (Wildman–Crippen LogP) is 3.40. The van der Waals surface area contributed by atoms with E-state index in [-0.39, 0.29) is 5.91 Å². The molecule has 1 aromatic carbocycles. The van der Waals surface area contributed by atoms with E-state index >= 15 is 0 Å². The molecular formula is C20H22N4OS. The SMILES string of the molecule is Cc1cccc(CN2CCN(C(=O)c3cc(-c4cccs4)[nH]n3)CC2)c1. The molecule has 6 heteroatoms. The first-order valence-electron chi connectivity index (χ1n) is 8.85. The highest BCUT2D eigenvalue weighted by molar-refractivity contribution is 7.13. The summed E-state index contributed by atoms with van der Waals surface area (Å²) in [5.41, 5.74) is 4.02. The summed E-state index contributed by atoms with van der Waals surface area (Å²) in [7, 11) is 0. The van der Waals surface area contributed by atoms with Gasteiger partial charge in [-0.1, -0.05) is 35.9 Å². The Morgan fingerprint density at radius 2 is 2.00 bits per heavy atom. The standard InChI is InChI=1S/C20H22N4OS/c1-15-4-2-5-16(12-15)14-23-7-9-24(10-8-23)20(25)18-13-17(21-22-18)19-6-3-11-26-19/h2-6,11-13H,7-10,14H2,1H3,(H,21,22). The zero-order chi connectivity index (χ0) is 17.9. The number of rotatable bonds is 4. The van der Waals surface area contributed by atoms with Crippen molar-refractivity contribution in [3.8, 4) is 10.6 Å². The van der Waals surface area contributed by atoms with Crippen molar-refractivity contribution in [2.24, 2.45) is 0 Å². The van der Waals surface area contributed by atoms with E-state index in [9.17, 15) is 4.79 Å². The molecule has 2 aromatic heterocycles. The molecule has 0 saturated carbocycles. The minimum Gasteiger partial charge on any atom is -0.335 e. The average molecular weight is 366 g/mol. The monoisotopic (exact) mass is 366 g/mol. The third-order valence-corrected chi connectivity index (χ3v) is 5.63. The number of thiophene rings is 1. The van der Waals surface area contributed by atoms with Crippen LogP contribution in [-0.2, 0) is 6.54 Å². The maximum absolute atomic E-state index is 12.7. The molecule has 1 aliphatic rings. The topological polar surface area (TPSA) is 52.2 Å². The van der Waals surface area contributed by atoms with Crippen LogP contribution < -0.4 is 0 Å². The highest BCUT2D eigenvalue weighted by atomic mass is 32.1. The van der Waals surface area contributed by atoms with Gasteiger partial charge in [-0.05, 0) is 30.0 Å². The quantitative estimate of drug-likeness (QED) is 0.770. The fraction of sp³-hybridized carbons (Fsp3) is 0.300. The lowest BCUT2D eigenvalue weighted by atomic mass is 10.1. The Hall–Kier alpha value is -2.44. The minimum atomic E-state index is 0.0132. The molecule has 3 heterocycles. The van der Waals surface area contributed by atoms with Crippen LogP contribution in [0.3, 0.4) is 0 Å². The molecule has 0 atom stereocenters. The number of carbonyl (C=O) groups is 1. The van der Waals surface area contributed by atoms with Crippen LogP contribution in [0.25, 0.3) is 10.6 Å². The number of amides is 1. The van der Waals surface area contributed by atoms with E-state index < -0.39 is 0 Å². The van der Waals surface area contributed by atoms with E-state index in [1.807, 2.05) is 28.5 Å². The summed E-state index contributed by atoms with van der Waals surface area (Å²) in [6, 6.07) is 14.5. The number of carbonyl (C=O) groups excluding carboxylic acids is 1. The van der Waals surface area contributed by atoms with Crippen molar-refractivity contribution >= 4 is 17.2 Å². The largest absolute Gasteiger partial charge is 0.335 e. The van der Waals surface area contributed by atoms with Crippen molar-refractivity contribution in [2.45, 2.75) is 13.5 Å². The van der Waals surface area contributed by atoms with Gasteiger partial charge in [-0.2, -0.15) is 5.10 Å². The Morgan fingerprint density at radius 3 is 2.73 bits per heavy atom. The molecule has 0 spiro atoms. The van der Waals surface area contributed by atoms with Gasteiger partial charge in [0.15, 0.2) is 5.69 Å². The van der Waals surface area contributed by atoms with Gasteiger partial charge in [0.1, 0.15) is 0 Å². The molecule has 4 rings (SSSR count). The molecule has 1 fully saturated rings. The van der Waals surface area contributed by atoms with Gasteiger partial charge in [-0.3, -0.25) is 14.8 Å². The molecule has 1 amide bonds. The molecule has 0 radical (unpaired) electrons. The lowest BCUT2D eigenvalue weighted by Crippen LogP contribution is -2.48. The summed E-state index contributed by atoms with van der Waals surface area (Å²) in [4.78, 5) is 18.1. The van der Waals surface area contributed by atoms with E-state index in [0.717, 1.165) is 43.3 Å². The molecule has 0 aliphatic carbocycles. The van der Waals surface area contributed by atoms with Crippen LogP contribution in [0.4, 0.5) is 0 Å². The summed E-state index contributed by atoms with van der Waals surface area (Å²) in [6.45, 7) is 6.32. The number of nitrogens with one attached hydrogen (secondary N) is 1. The van der Waals surface area contributed by atoms with Crippen LogP contribution in [0.1, 0.15) is 21.6 Å². The second kappa shape index (κ2) is 7.43. The van der Waals surface area contributed by atoms with Gasteiger partial charge in [-0.15, -0.1) is 11.3 Å². The summed E-state index contributed by atoms with van der Waals surface area (Å²) in [5.74, 6) is 0.0132. The van der Waals surface area contributed by atoms with Gasteiger partial charge in [0, 0.05) is 32.7 Å². The van der Waals surface area contributed by atoms with Crippen molar-refractivity contribution in [3.05, 3.63) is 64.7 Å². The Labute approximate surface area is 157 Å². The van der Waals surface area contributed by atoms with Crippen LogP contribution >= 0.6 is 11.3 Å². The summed E-state index contributed by atoms with van der Waals surface area (Å²) in [5, 5.41) is 9.22. The van der Waals surface area contributed by atoms with Gasteiger partial charge in [0.05, 0.1) is 10.6 Å². The summed E-state index contributed by atoms with van der Waals surface area (Å²) >= 11 is 1.64. The Kier molecular flexibility index (Phi) is 4.86. The number of H-pyrrole nitrogens is 1. The molecule has 26 heavy (non-hydrogen) atoms. The maximum atomic E-state index is 12.7. The number of aromatic amines is 1. The summed E-state index contributed by atoms with van der Waals surface area (Å²) in [6.07, 6.45) is 0. The van der Waals surface area contributed by atoms with Crippen LogP contribution in [-0.4, -0.2) is 52.1 Å². The fourth-order valence-corrected chi connectivity index (χ4v) is 4.02. The average Bonchev–Trinajstić information content (AvgIpc) is 3.33. The van der Waals surface area contributed by atoms with Gasteiger partial charge in [0.25, 0.3) is 5.91 Å². The van der Waals surface area contributed by atoms with Crippen molar-refractivity contribution in [2.75, 3.05) is 26.2 Å². The molecule has 0 unspecified atom stereocenters. The second-order valence-corrected chi connectivity index (χ2v) is 7.65. The lowest BCUT2D eigenvalue weighted by molar-refractivity contribution is 0.0622. The second-order valence-electron chi connectivity index (χ2n) is 6.70. The van der Waals surface area contributed by atoms with Crippen LogP contribution in [0, 0.1) is 6.92 Å². The van der Waals surface area contributed by atoms with Gasteiger partial charge >= 0.3 is 0 Å². The first-order chi connectivity index (χ1) is 12.7. The number of piperazine rings is 1. The highest BCUT2D eigenvalue weighted by Crippen LogP contribution is 2.23. The van der Waals surface area contributed by atoms with E-state index in [4.69, 9.17) is 0 Å². The van der Waals surface area contributed by atoms with Gasteiger partial charge < -0.3 is 4.90 Å². The number of hydrogen-bond acceptors (Lipinski definition) is 4. The first-order valence-corrected chi connectivity index (χ1v) is 9.73. The Bertz CT molecular complexity index is 879. The van der Waals surface area contributed by atoms with E-state index in [0.29, 0.717) is 5.69 Å². The van der Waals surface area contributed by atoms with E-state index in [2.05, 4.69) is 46.3 Å². The van der Waals surface area contributed by atoms with Gasteiger partial charge in [0.2, 0.25) is 0 Å². The van der Waals surface area contributed by atoms with Crippen molar-refractivity contribution in [1.29, 1.82) is 0 Å². The smallest absolute Gasteiger partial charge is 0.274 e. The molecule has 1 aliphatic heterocycles. The molecule has 1 saturated heterocycles. The predicted molar refractivity (Wildman–Crippen MR) is 104 cm³/mol. The third-order valence-electron chi connectivity index (χ3n) is 4.73. The molecule has 134 valence electrons. The van der Waals surface area contributed by atoms with Crippen molar-refractivity contribution in [1.82, 2.24) is 20.0 Å². The highest BCUT2D eigenvalue weighted by Gasteiger charge is 2.24. The maximum Gasteiger partial charge on any atom is 0.274 e. The van der Waals surface area contributed by atoms with Gasteiger partial charge in [-0.25, -0.2) is 0 Å². The third kappa shape index (κ3) is 3.71. The first kappa shape index (κ1) is 17.0. The zero-order valence-corrected chi connectivity index (χ0v) is 15.6.